The Morgan fingerprint density at radius 2 is 1.77 bits per heavy atom. The van der Waals surface area contributed by atoms with Crippen molar-refractivity contribution in [3.05, 3.63) is 63.7 Å². The summed E-state index contributed by atoms with van der Waals surface area (Å²) >= 11 is 9.28. The van der Waals surface area contributed by atoms with E-state index in [9.17, 15) is 14.4 Å². The Morgan fingerprint density at radius 3 is 2.43 bits per heavy atom. The normalized spacial score (nSPS) is 11.7. The molecule has 0 radical (unpaired) electrons. The van der Waals surface area contributed by atoms with Gasteiger partial charge in [-0.15, -0.1) is 0 Å². The van der Waals surface area contributed by atoms with Gasteiger partial charge in [-0.3, -0.25) is 19.8 Å². The minimum Gasteiger partial charge on any atom is -0.345 e. The van der Waals surface area contributed by atoms with E-state index in [4.69, 9.17) is 11.6 Å². The monoisotopic (exact) mass is 490 g/mol. The van der Waals surface area contributed by atoms with Gasteiger partial charge in [-0.25, -0.2) is 4.68 Å². The van der Waals surface area contributed by atoms with Crippen LogP contribution in [0.3, 0.4) is 0 Å². The summed E-state index contributed by atoms with van der Waals surface area (Å²) in [6.45, 7) is 3.71. The molecule has 3 aromatic rings. The fraction of sp³-hybridized carbons (Fsp3) is 0.190. The van der Waals surface area contributed by atoms with Gasteiger partial charge in [0.2, 0.25) is 0 Å². The molecule has 0 aliphatic rings. The summed E-state index contributed by atoms with van der Waals surface area (Å²) in [5.41, 5.74) is 3.81. The molecule has 0 fully saturated rings. The molecule has 1 aromatic heterocycles. The lowest BCUT2D eigenvalue weighted by Crippen LogP contribution is -2.43. The van der Waals surface area contributed by atoms with Crippen LogP contribution >= 0.6 is 27.5 Å². The van der Waals surface area contributed by atoms with Crippen LogP contribution in [0.15, 0.2) is 53.0 Å². The third-order valence-electron chi connectivity index (χ3n) is 4.51. The van der Waals surface area contributed by atoms with Crippen LogP contribution in [-0.4, -0.2) is 28.4 Å². The first-order valence-electron chi connectivity index (χ1n) is 9.28. The van der Waals surface area contributed by atoms with Crippen molar-refractivity contribution in [3.63, 3.8) is 0 Å². The Balaban J connectivity index is 1.93. The van der Waals surface area contributed by atoms with Crippen LogP contribution in [0.25, 0.3) is 10.9 Å². The van der Waals surface area contributed by atoms with Gasteiger partial charge < -0.3 is 10.6 Å². The number of nitrogens with zero attached hydrogens (tertiary/aromatic N) is 1. The molecule has 0 aliphatic heterocycles. The second kappa shape index (κ2) is 9.32. The molecule has 0 saturated heterocycles. The lowest BCUT2D eigenvalue weighted by Gasteiger charge is -2.14. The molecular formula is C21H20BrClN4O3. The molecule has 0 saturated carbocycles. The molecule has 1 atom stereocenters. The van der Waals surface area contributed by atoms with Crippen LogP contribution in [0.4, 0.5) is 5.69 Å². The summed E-state index contributed by atoms with van der Waals surface area (Å²) in [6, 6.07) is 13.5. The van der Waals surface area contributed by atoms with Gasteiger partial charge in [-0.2, -0.15) is 0 Å². The summed E-state index contributed by atoms with van der Waals surface area (Å²) < 4.78 is 2.13. The van der Waals surface area contributed by atoms with Crippen molar-refractivity contribution in [2.24, 2.45) is 0 Å². The quantitative estimate of drug-likeness (QED) is 0.465. The molecular weight excluding hydrogens is 472 g/mol. The highest BCUT2D eigenvalue weighted by Gasteiger charge is 2.21. The third kappa shape index (κ3) is 5.01. The maximum absolute atomic E-state index is 12.9. The predicted molar refractivity (Wildman–Crippen MR) is 121 cm³/mol. The van der Waals surface area contributed by atoms with E-state index in [-0.39, 0.29) is 11.7 Å². The molecule has 1 heterocycles. The van der Waals surface area contributed by atoms with Gasteiger partial charge in [0.05, 0.1) is 5.52 Å². The van der Waals surface area contributed by atoms with Gasteiger partial charge >= 0.3 is 11.8 Å². The van der Waals surface area contributed by atoms with Crippen LogP contribution in [0.5, 0.6) is 0 Å². The second-order valence-corrected chi connectivity index (χ2v) is 8.10. The minimum absolute atomic E-state index is 0.145. The van der Waals surface area contributed by atoms with E-state index < -0.39 is 17.7 Å². The fourth-order valence-corrected chi connectivity index (χ4v) is 3.25. The number of amides is 3. The first kappa shape index (κ1) is 21.9. The predicted octanol–water partition coefficient (Wildman–Crippen LogP) is 4.29. The SMILES string of the molecule is CC[C@@H](C)NC(=O)C(=O)Nn1c(C(=O)Nc2ccc(Cl)cc2)cc2cc(Br)ccc21. The van der Waals surface area contributed by atoms with Crippen LogP contribution in [-0.2, 0) is 9.59 Å². The zero-order valence-corrected chi connectivity index (χ0v) is 18.7. The number of rotatable bonds is 5. The van der Waals surface area contributed by atoms with E-state index in [1.54, 1.807) is 49.4 Å². The molecule has 9 heteroatoms. The topological polar surface area (TPSA) is 92.2 Å². The summed E-state index contributed by atoms with van der Waals surface area (Å²) in [5.74, 6) is -2.09. The summed E-state index contributed by atoms with van der Waals surface area (Å²) in [7, 11) is 0. The molecule has 2 aromatic carbocycles. The maximum atomic E-state index is 12.9. The van der Waals surface area contributed by atoms with Crippen molar-refractivity contribution in [1.82, 2.24) is 9.99 Å². The van der Waals surface area contributed by atoms with E-state index in [1.165, 1.54) is 4.68 Å². The van der Waals surface area contributed by atoms with E-state index in [2.05, 4.69) is 32.0 Å². The number of aromatic nitrogens is 1. The van der Waals surface area contributed by atoms with E-state index in [0.717, 1.165) is 4.47 Å². The molecule has 0 aliphatic carbocycles. The van der Waals surface area contributed by atoms with E-state index in [1.807, 2.05) is 13.0 Å². The van der Waals surface area contributed by atoms with Crippen LogP contribution in [0.2, 0.25) is 5.02 Å². The van der Waals surface area contributed by atoms with E-state index >= 15 is 0 Å². The Bertz CT molecular complexity index is 1110. The van der Waals surface area contributed by atoms with Crippen molar-refractivity contribution in [2.75, 3.05) is 10.7 Å². The fourth-order valence-electron chi connectivity index (χ4n) is 2.75. The number of benzene rings is 2. The first-order chi connectivity index (χ1) is 14.3. The summed E-state index contributed by atoms with van der Waals surface area (Å²) in [4.78, 5) is 37.5. The Morgan fingerprint density at radius 1 is 1.07 bits per heavy atom. The van der Waals surface area contributed by atoms with Gasteiger partial charge in [0.15, 0.2) is 0 Å². The Kier molecular flexibility index (Phi) is 6.79. The number of nitrogens with one attached hydrogen (secondary N) is 3. The average Bonchev–Trinajstić information content (AvgIpc) is 3.06. The lowest BCUT2D eigenvalue weighted by molar-refractivity contribution is -0.137. The zero-order valence-electron chi connectivity index (χ0n) is 16.3. The van der Waals surface area contributed by atoms with Crippen LogP contribution in [0.1, 0.15) is 30.8 Å². The van der Waals surface area contributed by atoms with Crippen LogP contribution < -0.4 is 16.1 Å². The van der Waals surface area contributed by atoms with Gasteiger partial charge in [0.25, 0.3) is 5.91 Å². The number of hydrogen-bond acceptors (Lipinski definition) is 3. The molecule has 0 spiro atoms. The highest BCUT2D eigenvalue weighted by molar-refractivity contribution is 9.10. The number of hydrogen-bond donors (Lipinski definition) is 3. The van der Waals surface area contributed by atoms with Gasteiger partial charge in [-0.05, 0) is 61.9 Å². The van der Waals surface area contributed by atoms with Crippen molar-refractivity contribution >= 4 is 61.8 Å². The summed E-state index contributed by atoms with van der Waals surface area (Å²) in [5, 5.41) is 6.63. The number of halogens is 2. The molecule has 0 bridgehead atoms. The molecule has 0 unspecified atom stereocenters. The molecule has 3 rings (SSSR count). The van der Waals surface area contributed by atoms with Gasteiger partial charge in [-0.1, -0.05) is 34.5 Å². The highest BCUT2D eigenvalue weighted by atomic mass is 79.9. The number of anilines is 1. The number of fused-ring (bicyclic) bond motifs is 1. The maximum Gasteiger partial charge on any atom is 0.328 e. The van der Waals surface area contributed by atoms with Gasteiger partial charge in [0, 0.05) is 26.6 Å². The van der Waals surface area contributed by atoms with Crippen molar-refractivity contribution in [2.45, 2.75) is 26.3 Å². The summed E-state index contributed by atoms with van der Waals surface area (Å²) in [6.07, 6.45) is 0.689. The first-order valence-corrected chi connectivity index (χ1v) is 10.5. The zero-order chi connectivity index (χ0) is 21.8. The molecule has 7 nitrogen and oxygen atoms in total. The number of carbonyl (C=O) groups excluding carboxylic acids is 3. The second-order valence-electron chi connectivity index (χ2n) is 6.75. The third-order valence-corrected chi connectivity index (χ3v) is 5.25. The van der Waals surface area contributed by atoms with Crippen molar-refractivity contribution in [3.8, 4) is 0 Å². The average molecular weight is 492 g/mol. The van der Waals surface area contributed by atoms with Crippen molar-refractivity contribution < 1.29 is 14.4 Å². The molecule has 3 amide bonds. The smallest absolute Gasteiger partial charge is 0.328 e. The lowest BCUT2D eigenvalue weighted by atomic mass is 10.2. The Hall–Kier alpha value is -2.84. The molecule has 30 heavy (non-hydrogen) atoms. The van der Waals surface area contributed by atoms with Crippen LogP contribution in [0, 0.1) is 0 Å². The highest BCUT2D eigenvalue weighted by Crippen LogP contribution is 2.24. The van der Waals surface area contributed by atoms with Gasteiger partial charge in [0.1, 0.15) is 5.69 Å². The minimum atomic E-state index is -0.865. The molecule has 156 valence electrons. The van der Waals surface area contributed by atoms with E-state index in [0.29, 0.717) is 28.0 Å². The number of carbonyl (C=O) groups is 3. The largest absolute Gasteiger partial charge is 0.345 e. The van der Waals surface area contributed by atoms with Crippen molar-refractivity contribution in [1.29, 1.82) is 0 Å². The molecule has 3 N–H and O–H groups in total. The Labute approximate surface area is 186 Å². The standard InChI is InChI=1S/C21H20BrClN4O3/c1-3-12(2)24-20(29)21(30)26-27-17-9-4-14(22)10-13(17)11-18(27)19(28)25-16-7-5-15(23)6-8-16/h4-12H,3H2,1-2H3,(H,24,29)(H,25,28)(H,26,30)/t12-/m1/s1.